The van der Waals surface area contributed by atoms with Crippen LogP contribution in [-0.2, 0) is 65.4 Å². The molecule has 0 fully saturated rings. The van der Waals surface area contributed by atoms with Crippen molar-refractivity contribution >= 4 is 39.5 Å². The predicted molar refractivity (Wildman–Crippen MR) is 418 cm³/mol. The maximum absolute atomic E-state index is 13.1. The summed E-state index contributed by atoms with van der Waals surface area (Å²) in [5.41, 5.74) is 0. The van der Waals surface area contributed by atoms with E-state index in [2.05, 4.69) is 125 Å². The monoisotopic (exact) mass is 1470 g/mol. The molecule has 0 saturated carbocycles. The number of allylic oxidation sites excluding steroid dienone is 19. The van der Waals surface area contributed by atoms with Crippen molar-refractivity contribution in [1.82, 2.24) is 0 Å². The van der Waals surface area contributed by atoms with Gasteiger partial charge in [-0.1, -0.05) is 303 Å². The first-order valence-electron chi connectivity index (χ1n) is 39.8. The van der Waals surface area contributed by atoms with Gasteiger partial charge in [-0.25, -0.2) is 9.13 Å². The molecule has 0 bridgehead atoms. The van der Waals surface area contributed by atoms with Crippen LogP contribution in [0.5, 0.6) is 0 Å². The summed E-state index contributed by atoms with van der Waals surface area (Å²) >= 11 is 0. The average molecular weight is 1470 g/mol. The molecular weight excluding hydrogens is 1330 g/mol. The van der Waals surface area contributed by atoms with Crippen LogP contribution in [0, 0.1) is 0 Å². The van der Waals surface area contributed by atoms with Crippen LogP contribution in [0.25, 0.3) is 0 Å². The minimum Gasteiger partial charge on any atom is -0.462 e. The third-order valence-electron chi connectivity index (χ3n) is 16.5. The van der Waals surface area contributed by atoms with Crippen LogP contribution in [0.3, 0.4) is 0 Å². The summed E-state index contributed by atoms with van der Waals surface area (Å²) in [4.78, 5) is 72.9. The molecule has 586 valence electrons. The molecule has 19 heteroatoms. The number of carbonyl (C=O) groups is 4. The topological polar surface area (TPSA) is 237 Å². The Labute approximate surface area is 619 Å². The van der Waals surface area contributed by atoms with Crippen LogP contribution >= 0.6 is 15.6 Å². The van der Waals surface area contributed by atoms with E-state index in [1.54, 1.807) is 12.2 Å². The third-order valence-corrected chi connectivity index (χ3v) is 18.4. The van der Waals surface area contributed by atoms with Gasteiger partial charge < -0.3 is 33.8 Å². The number of rotatable bonds is 74. The number of esters is 4. The van der Waals surface area contributed by atoms with Gasteiger partial charge in [0.1, 0.15) is 19.3 Å². The van der Waals surface area contributed by atoms with Crippen LogP contribution in [0.4, 0.5) is 0 Å². The minimum absolute atomic E-state index is 0.0932. The van der Waals surface area contributed by atoms with E-state index in [1.165, 1.54) is 89.9 Å². The lowest BCUT2D eigenvalue weighted by atomic mass is 10.0. The van der Waals surface area contributed by atoms with Crippen LogP contribution in [0.2, 0.25) is 0 Å². The molecule has 0 amide bonds. The molecule has 0 aromatic heterocycles. The maximum atomic E-state index is 13.1. The molecule has 0 aliphatic heterocycles. The number of hydrogen-bond acceptors (Lipinski definition) is 15. The van der Waals surface area contributed by atoms with Crippen molar-refractivity contribution in [3.05, 3.63) is 122 Å². The lowest BCUT2D eigenvalue weighted by Crippen LogP contribution is -2.30. The molecule has 5 atom stereocenters. The van der Waals surface area contributed by atoms with Crippen molar-refractivity contribution in [2.75, 3.05) is 39.6 Å². The molecular formula is C83H142O17P2. The molecule has 17 nitrogen and oxygen atoms in total. The molecule has 0 radical (unpaired) electrons. The van der Waals surface area contributed by atoms with Gasteiger partial charge in [0.2, 0.25) is 0 Å². The molecule has 102 heavy (non-hydrogen) atoms. The zero-order valence-corrected chi connectivity index (χ0v) is 65.8. The van der Waals surface area contributed by atoms with Crippen LogP contribution in [-0.4, -0.2) is 96.7 Å². The molecule has 3 N–H and O–H groups in total. The van der Waals surface area contributed by atoms with Gasteiger partial charge in [0.05, 0.1) is 32.8 Å². The standard InChI is InChI=1S/C83H142O17P2/c1-5-9-13-17-21-25-29-33-36-37-38-39-42-45-48-52-56-60-64-68-81(86)94-74-79(100-83(88)70-66-62-58-54-50-46-41-35-31-27-23-19-15-11-7-3)76-98-102(91,92)96-72-77(84)71-95-101(89,90)97-75-78(99-82(87)69-65-61-57-53-49-43-32-28-24-20-16-12-8-4)73-93-80(85)67-63-59-55-51-47-44-40-34-30-26-22-18-14-10-6-2/h9,11,13,15,21,23,25,27,33-36,38-41,50,54,62,66,77-79,84H,5-8,10,12,14,16-20,22,24,26,28-32,37,42-49,51-53,55-61,63-65,67-76H2,1-4H3,(H,89,90)(H,91,92)/b13-9-,15-11-,25-21-,27-23-,36-33-,39-38-,40-34-,41-35-,54-50-,66-62-. The molecule has 0 aliphatic carbocycles. The number of ether oxygens (including phenoxy) is 4. The predicted octanol–water partition coefficient (Wildman–Crippen LogP) is 23.1. The van der Waals surface area contributed by atoms with Crippen molar-refractivity contribution < 1.29 is 80.2 Å². The number of phosphoric ester groups is 2. The summed E-state index contributed by atoms with van der Waals surface area (Å²) in [5, 5.41) is 10.6. The van der Waals surface area contributed by atoms with Crippen molar-refractivity contribution in [1.29, 1.82) is 0 Å². The molecule has 0 aromatic rings. The molecule has 0 aliphatic rings. The zero-order chi connectivity index (χ0) is 74.6. The van der Waals surface area contributed by atoms with E-state index in [0.29, 0.717) is 25.7 Å². The van der Waals surface area contributed by atoms with E-state index < -0.39 is 97.5 Å². The summed E-state index contributed by atoms with van der Waals surface area (Å²) in [6, 6.07) is 0. The van der Waals surface area contributed by atoms with Crippen molar-refractivity contribution in [2.45, 2.75) is 341 Å². The first kappa shape index (κ1) is 97.5. The van der Waals surface area contributed by atoms with Gasteiger partial charge in [-0.15, -0.1) is 0 Å². The molecule has 0 spiro atoms. The van der Waals surface area contributed by atoms with Gasteiger partial charge in [-0.05, 0) is 116 Å². The number of carbonyl (C=O) groups excluding carboxylic acids is 4. The van der Waals surface area contributed by atoms with Gasteiger partial charge in [0.25, 0.3) is 0 Å². The molecule has 0 rings (SSSR count). The van der Waals surface area contributed by atoms with E-state index in [4.69, 9.17) is 37.0 Å². The quantitative estimate of drug-likeness (QED) is 0.0169. The second kappa shape index (κ2) is 74.7. The Hall–Kier alpha value is -4.54. The van der Waals surface area contributed by atoms with E-state index in [-0.39, 0.29) is 25.7 Å². The summed E-state index contributed by atoms with van der Waals surface area (Å²) in [6.45, 7) is 4.53. The number of aliphatic hydroxyl groups excluding tert-OH is 1. The smallest absolute Gasteiger partial charge is 0.462 e. The highest BCUT2D eigenvalue weighted by Crippen LogP contribution is 2.45. The van der Waals surface area contributed by atoms with Gasteiger partial charge in [0.15, 0.2) is 12.2 Å². The zero-order valence-electron chi connectivity index (χ0n) is 64.0. The summed E-state index contributed by atoms with van der Waals surface area (Å²) in [5.74, 6) is -2.34. The summed E-state index contributed by atoms with van der Waals surface area (Å²) in [7, 11) is -9.99. The normalized spacial score (nSPS) is 14.5. The summed E-state index contributed by atoms with van der Waals surface area (Å²) in [6.07, 6.45) is 82.1. The number of phosphoric acid groups is 2. The van der Waals surface area contributed by atoms with E-state index in [1.807, 2.05) is 12.2 Å². The Morgan fingerprint density at radius 2 is 0.549 bits per heavy atom. The van der Waals surface area contributed by atoms with Crippen LogP contribution in [0.1, 0.15) is 323 Å². The fourth-order valence-electron chi connectivity index (χ4n) is 10.5. The van der Waals surface area contributed by atoms with Gasteiger partial charge >= 0.3 is 39.5 Å². The fourth-order valence-corrected chi connectivity index (χ4v) is 12.0. The van der Waals surface area contributed by atoms with Gasteiger partial charge in [-0.2, -0.15) is 0 Å². The molecule has 0 aromatic carbocycles. The highest BCUT2D eigenvalue weighted by Gasteiger charge is 2.30. The van der Waals surface area contributed by atoms with E-state index >= 15 is 0 Å². The number of hydrogen-bond donors (Lipinski definition) is 3. The lowest BCUT2D eigenvalue weighted by molar-refractivity contribution is -0.161. The number of aliphatic hydroxyl groups is 1. The van der Waals surface area contributed by atoms with Crippen LogP contribution in [0.15, 0.2) is 122 Å². The minimum atomic E-state index is -5.01. The highest BCUT2D eigenvalue weighted by molar-refractivity contribution is 7.47. The van der Waals surface area contributed by atoms with Crippen molar-refractivity contribution in [2.24, 2.45) is 0 Å². The van der Waals surface area contributed by atoms with Gasteiger partial charge in [-0.3, -0.25) is 37.3 Å². The first-order valence-corrected chi connectivity index (χ1v) is 42.8. The maximum Gasteiger partial charge on any atom is 0.472 e. The summed E-state index contributed by atoms with van der Waals surface area (Å²) < 4.78 is 68.4. The second-order valence-corrected chi connectivity index (χ2v) is 29.2. The van der Waals surface area contributed by atoms with Crippen LogP contribution < -0.4 is 0 Å². The first-order chi connectivity index (χ1) is 49.7. The number of unbranched alkanes of at least 4 members (excludes halogenated alkanes) is 29. The molecule has 0 saturated heterocycles. The fraction of sp³-hybridized carbons (Fsp3) is 0.711. The lowest BCUT2D eigenvalue weighted by Gasteiger charge is -2.21. The Balaban J connectivity index is 5.41. The Morgan fingerprint density at radius 3 is 0.882 bits per heavy atom. The van der Waals surface area contributed by atoms with E-state index in [9.17, 15) is 43.2 Å². The third kappa shape index (κ3) is 73.8. The Kier molecular flexibility index (Phi) is 71.4. The second-order valence-electron chi connectivity index (χ2n) is 26.3. The highest BCUT2D eigenvalue weighted by atomic mass is 31.2. The van der Waals surface area contributed by atoms with Gasteiger partial charge in [0, 0.05) is 19.3 Å². The molecule has 0 heterocycles. The van der Waals surface area contributed by atoms with E-state index in [0.717, 1.165) is 154 Å². The Morgan fingerprint density at radius 1 is 0.294 bits per heavy atom. The molecule has 5 unspecified atom stereocenters. The Bertz CT molecular complexity index is 2410. The van der Waals surface area contributed by atoms with Crippen molar-refractivity contribution in [3.63, 3.8) is 0 Å². The SMILES string of the molecule is CC/C=C\C/C=C\C/C=C\C/C=C\C/C=C\CC(=O)OC(COC(=O)CCCCCCCC/C=C\C/C=C\C/C=C\C/C=C\CC)COP(=O)(O)OCC(O)COP(=O)(O)OCC(COC(=O)CCCCCCC/C=C\CCCCCCCC)OC(=O)CCCCCCCCCCCCCCC. The average Bonchev–Trinajstić information content (AvgIpc) is 0.907. The van der Waals surface area contributed by atoms with Crippen molar-refractivity contribution in [3.8, 4) is 0 Å². The largest absolute Gasteiger partial charge is 0.472 e.